The van der Waals surface area contributed by atoms with Crippen LogP contribution in [-0.4, -0.2) is 37.3 Å². The Labute approximate surface area is 185 Å². The molecule has 3 aliphatic rings. The smallest absolute Gasteiger partial charge is 0.149 e. The molecule has 1 saturated carbocycles. The van der Waals surface area contributed by atoms with Crippen LogP contribution in [0, 0.1) is 11.3 Å². The van der Waals surface area contributed by atoms with Gasteiger partial charge in [-0.2, -0.15) is 10.3 Å². The quantitative estimate of drug-likeness (QED) is 0.614. The van der Waals surface area contributed by atoms with Crippen molar-refractivity contribution in [3.05, 3.63) is 52.9 Å². The summed E-state index contributed by atoms with van der Waals surface area (Å²) in [6, 6.07) is 9.89. The molecule has 2 aliphatic heterocycles. The molecule has 31 heavy (non-hydrogen) atoms. The first-order valence-corrected chi connectivity index (χ1v) is 10.7. The molecule has 4 heterocycles. The minimum absolute atomic E-state index is 0.187. The van der Waals surface area contributed by atoms with Gasteiger partial charge in [-0.25, -0.2) is 9.97 Å². The zero-order valence-electron chi connectivity index (χ0n) is 17.6. The Balaban J connectivity index is 1.42. The van der Waals surface area contributed by atoms with Crippen LogP contribution in [0.4, 0.5) is 11.5 Å². The van der Waals surface area contributed by atoms with E-state index in [2.05, 4.69) is 58.0 Å². The van der Waals surface area contributed by atoms with Crippen LogP contribution in [0.1, 0.15) is 39.2 Å². The van der Waals surface area contributed by atoms with Crippen molar-refractivity contribution >= 4 is 40.3 Å². The zero-order chi connectivity index (χ0) is 21.8. The topological polar surface area (TPSA) is 79.0 Å². The molecule has 0 radical (unpaired) electrons. The Morgan fingerprint density at radius 3 is 2.68 bits per heavy atom. The van der Waals surface area contributed by atoms with Crippen LogP contribution in [0.5, 0.6) is 0 Å². The Morgan fingerprint density at radius 2 is 2.00 bits per heavy atom. The summed E-state index contributed by atoms with van der Waals surface area (Å²) in [5.41, 5.74) is 3.22. The minimum Gasteiger partial charge on any atom is -0.338 e. The van der Waals surface area contributed by atoms with E-state index in [4.69, 9.17) is 21.7 Å². The third-order valence-corrected chi connectivity index (χ3v) is 5.94. The second-order valence-electron chi connectivity index (χ2n) is 8.92. The maximum absolute atomic E-state index is 9.03. The average molecular weight is 435 g/mol. The van der Waals surface area contributed by atoms with Crippen LogP contribution in [0.3, 0.4) is 0 Å². The summed E-state index contributed by atoms with van der Waals surface area (Å²) in [6.07, 6.45) is 7.96. The Hall–Kier alpha value is -2.92. The van der Waals surface area contributed by atoms with E-state index < -0.39 is 0 Å². The van der Waals surface area contributed by atoms with Crippen molar-refractivity contribution in [1.29, 1.82) is 5.26 Å². The molecule has 1 aromatic carbocycles. The predicted molar refractivity (Wildman–Crippen MR) is 121 cm³/mol. The van der Waals surface area contributed by atoms with Crippen molar-refractivity contribution in [1.82, 2.24) is 19.6 Å². The molecule has 158 valence electrons. The summed E-state index contributed by atoms with van der Waals surface area (Å²) < 4.78 is 2.05. The number of hydrogen-bond acceptors (Lipinski definition) is 6. The number of aromatic nitrogens is 3. The Morgan fingerprint density at radius 1 is 1.23 bits per heavy atom. The van der Waals surface area contributed by atoms with Crippen molar-refractivity contribution in [2.75, 3.05) is 5.32 Å². The molecule has 2 bridgehead atoms. The van der Waals surface area contributed by atoms with Gasteiger partial charge in [0.05, 0.1) is 45.4 Å². The van der Waals surface area contributed by atoms with Crippen LogP contribution in [-0.2, 0) is 4.84 Å². The molecule has 2 saturated heterocycles. The summed E-state index contributed by atoms with van der Waals surface area (Å²) in [6.45, 7) is 6.25. The molecule has 2 aromatic heterocycles. The van der Waals surface area contributed by atoms with Crippen LogP contribution in [0.25, 0.3) is 17.2 Å². The SMILES string of the molecule is CC(C)(C)ON1[C@H]2CC[C@H]1C2=Cn1ccc2c(Nc3ccc(C#N)cc3Cl)ncnc21. The van der Waals surface area contributed by atoms with Gasteiger partial charge in [0.15, 0.2) is 0 Å². The van der Waals surface area contributed by atoms with Crippen molar-refractivity contribution in [3.8, 4) is 6.07 Å². The lowest BCUT2D eigenvalue weighted by atomic mass is 9.99. The van der Waals surface area contributed by atoms with Crippen molar-refractivity contribution < 1.29 is 4.84 Å². The lowest BCUT2D eigenvalue weighted by Gasteiger charge is -2.45. The standard InChI is InChI=1S/C23H23ClN6O/c1-23(2,3)31-30-19-6-7-20(30)16(19)12-29-9-8-15-21(26-13-27-22(15)29)28-18-5-4-14(11-25)10-17(18)24/h4-5,8-10,12-13,19-20H,6-7H2,1-3H3,(H,26,27,28)/t19-,20-/m0/s1. The number of hydroxylamine groups is 2. The lowest BCUT2D eigenvalue weighted by Crippen LogP contribution is -2.53. The van der Waals surface area contributed by atoms with Gasteiger partial charge < -0.3 is 9.88 Å². The maximum Gasteiger partial charge on any atom is 0.149 e. The zero-order valence-corrected chi connectivity index (χ0v) is 18.4. The van der Waals surface area contributed by atoms with E-state index in [9.17, 15) is 0 Å². The second kappa shape index (κ2) is 7.34. The van der Waals surface area contributed by atoms with Crippen molar-refractivity contribution in [2.24, 2.45) is 0 Å². The van der Waals surface area contributed by atoms with E-state index >= 15 is 0 Å². The highest BCUT2D eigenvalue weighted by atomic mass is 35.5. The van der Waals surface area contributed by atoms with E-state index in [-0.39, 0.29) is 5.60 Å². The maximum atomic E-state index is 9.03. The fourth-order valence-corrected chi connectivity index (χ4v) is 4.55. The molecule has 0 spiro atoms. The molecule has 2 atom stereocenters. The number of benzene rings is 1. The Kier molecular flexibility index (Phi) is 4.74. The number of halogens is 1. The molecule has 1 N–H and O–H groups in total. The van der Waals surface area contributed by atoms with E-state index in [1.807, 2.05) is 12.3 Å². The second-order valence-corrected chi connectivity index (χ2v) is 9.32. The first kappa shape index (κ1) is 20.0. The van der Waals surface area contributed by atoms with E-state index in [1.165, 1.54) is 5.57 Å². The normalized spacial score (nSPS) is 20.5. The van der Waals surface area contributed by atoms with Crippen molar-refractivity contribution in [2.45, 2.75) is 51.3 Å². The summed E-state index contributed by atoms with van der Waals surface area (Å²) in [4.78, 5) is 15.0. The monoisotopic (exact) mass is 434 g/mol. The summed E-state index contributed by atoms with van der Waals surface area (Å²) >= 11 is 6.32. The lowest BCUT2D eigenvalue weighted by molar-refractivity contribution is -0.270. The van der Waals surface area contributed by atoms with Gasteiger partial charge in [-0.15, -0.1) is 0 Å². The largest absolute Gasteiger partial charge is 0.338 e. The first-order chi connectivity index (χ1) is 14.8. The number of fused-ring (bicyclic) bond motifs is 2. The number of nitrogens with one attached hydrogen (secondary N) is 1. The number of anilines is 2. The van der Waals surface area contributed by atoms with Gasteiger partial charge >= 0.3 is 0 Å². The molecule has 1 aliphatic carbocycles. The van der Waals surface area contributed by atoms with Crippen LogP contribution in [0.2, 0.25) is 5.02 Å². The third kappa shape index (κ3) is 3.57. The van der Waals surface area contributed by atoms with Gasteiger partial charge in [0.2, 0.25) is 0 Å². The molecule has 0 amide bonds. The highest BCUT2D eigenvalue weighted by molar-refractivity contribution is 6.33. The fourth-order valence-electron chi connectivity index (χ4n) is 4.32. The highest BCUT2D eigenvalue weighted by Gasteiger charge is 2.51. The van der Waals surface area contributed by atoms with E-state index in [0.717, 1.165) is 23.9 Å². The number of rotatable bonds is 4. The summed E-state index contributed by atoms with van der Waals surface area (Å²) in [5.74, 6) is 0.669. The van der Waals surface area contributed by atoms with Crippen LogP contribution in [0.15, 0.2) is 42.4 Å². The van der Waals surface area contributed by atoms with Gasteiger partial charge in [0.1, 0.15) is 17.8 Å². The molecule has 0 unspecified atom stereocenters. The van der Waals surface area contributed by atoms with Crippen molar-refractivity contribution in [3.63, 3.8) is 0 Å². The molecule has 3 aromatic rings. The molecule has 8 heteroatoms. The fraction of sp³-hybridized carbons (Fsp3) is 0.348. The van der Waals surface area contributed by atoms with E-state index in [0.29, 0.717) is 34.2 Å². The summed E-state index contributed by atoms with van der Waals surface area (Å²) in [5, 5.41) is 15.8. The van der Waals surface area contributed by atoms with Crippen LogP contribution < -0.4 is 5.32 Å². The van der Waals surface area contributed by atoms with Gasteiger partial charge in [-0.05, 0) is 63.5 Å². The van der Waals surface area contributed by atoms with E-state index in [1.54, 1.807) is 24.5 Å². The van der Waals surface area contributed by atoms with Gasteiger partial charge in [-0.1, -0.05) is 11.6 Å². The first-order valence-electron chi connectivity index (χ1n) is 10.3. The number of hydrogen-bond donors (Lipinski definition) is 1. The molecular weight excluding hydrogens is 412 g/mol. The average Bonchev–Trinajstić information content (AvgIpc) is 3.44. The molecule has 3 fully saturated rings. The third-order valence-electron chi connectivity index (χ3n) is 5.63. The predicted octanol–water partition coefficient (Wildman–Crippen LogP) is 5.12. The molecule has 7 nitrogen and oxygen atoms in total. The van der Waals surface area contributed by atoms with Gasteiger partial charge in [-0.3, -0.25) is 4.84 Å². The number of nitrogens with zero attached hydrogens (tertiary/aromatic N) is 5. The summed E-state index contributed by atoms with van der Waals surface area (Å²) in [7, 11) is 0. The Bertz CT molecular complexity index is 1220. The molecule has 6 rings (SSSR count). The highest BCUT2D eigenvalue weighted by Crippen LogP contribution is 2.47. The van der Waals surface area contributed by atoms with Gasteiger partial charge in [0.25, 0.3) is 0 Å². The minimum atomic E-state index is -0.187. The van der Waals surface area contributed by atoms with Gasteiger partial charge in [0, 0.05) is 12.4 Å². The molecular formula is C23H23ClN6O. The number of nitriles is 1. The van der Waals surface area contributed by atoms with Crippen LogP contribution >= 0.6 is 11.6 Å².